The van der Waals surface area contributed by atoms with Crippen molar-refractivity contribution in [3.8, 4) is 0 Å². The zero-order chi connectivity index (χ0) is 8.74. The Balaban J connectivity index is 3.53. The Morgan fingerprint density at radius 3 is 1.73 bits per heavy atom. The molecule has 5 heteroatoms. The summed E-state index contributed by atoms with van der Waals surface area (Å²) < 4.78 is 13.2. The van der Waals surface area contributed by atoms with Crippen molar-refractivity contribution in [1.29, 1.82) is 0 Å². The lowest BCUT2D eigenvalue weighted by Crippen LogP contribution is -1.95. The van der Waals surface area contributed by atoms with Gasteiger partial charge in [-0.3, -0.25) is 4.57 Å². The first-order valence-electron chi connectivity index (χ1n) is 3.55. The second-order valence-electron chi connectivity index (χ2n) is 2.38. The van der Waals surface area contributed by atoms with Crippen LogP contribution in [-0.2, 0) is 4.57 Å². The van der Waals surface area contributed by atoms with Crippen LogP contribution in [-0.4, -0.2) is 26.1 Å². The molecule has 2 nitrogen and oxygen atoms in total. The first-order valence-corrected chi connectivity index (χ1v) is 8.63. The topological polar surface area (TPSA) is 37.3 Å². The number of hydrogen-bond acceptors (Lipinski definition) is 1. The summed E-state index contributed by atoms with van der Waals surface area (Å²) in [6, 6.07) is 0. The fraction of sp³-hybridized carbons (Fsp3) is 1.00. The highest BCUT2D eigenvalue weighted by Gasteiger charge is 2.15. The van der Waals surface area contributed by atoms with Gasteiger partial charge in [-0.25, -0.2) is 0 Å². The molecule has 0 aromatic heterocycles. The Kier molecular flexibility index (Phi) is 8.16. The molecule has 0 rings (SSSR count). The van der Waals surface area contributed by atoms with Gasteiger partial charge >= 0.3 is 0 Å². The van der Waals surface area contributed by atoms with E-state index in [1.165, 1.54) is 0 Å². The molecule has 68 valence electrons. The summed E-state index contributed by atoms with van der Waals surface area (Å²) in [5.74, 6) is 0. The van der Waals surface area contributed by atoms with Crippen molar-refractivity contribution in [3.63, 3.8) is 0 Å². The largest absolute Gasteiger partial charge is 0.344 e. The normalized spacial score (nSPS) is 11.9. The summed E-state index contributed by atoms with van der Waals surface area (Å²) in [6.07, 6.45) is 2.75. The molecular formula is C6H13I2O2P. The van der Waals surface area contributed by atoms with Crippen molar-refractivity contribution >= 4 is 52.6 Å². The van der Waals surface area contributed by atoms with Crippen molar-refractivity contribution in [2.75, 3.05) is 21.2 Å². The monoisotopic (exact) mass is 402 g/mol. The van der Waals surface area contributed by atoms with Gasteiger partial charge in [0, 0.05) is 21.2 Å². The van der Waals surface area contributed by atoms with Crippen LogP contribution < -0.4 is 0 Å². The minimum Gasteiger partial charge on any atom is -0.344 e. The Morgan fingerprint density at radius 1 is 1.09 bits per heavy atom. The van der Waals surface area contributed by atoms with Crippen LogP contribution in [0.5, 0.6) is 0 Å². The van der Waals surface area contributed by atoms with Crippen LogP contribution in [0.1, 0.15) is 12.8 Å². The molecule has 1 N–H and O–H groups in total. The Bertz CT molecular complexity index is 129. The fourth-order valence-corrected chi connectivity index (χ4v) is 4.22. The van der Waals surface area contributed by atoms with E-state index in [1.807, 2.05) is 0 Å². The van der Waals surface area contributed by atoms with Crippen LogP contribution in [0.25, 0.3) is 0 Å². The highest BCUT2D eigenvalue weighted by molar-refractivity contribution is 14.1. The third-order valence-corrected chi connectivity index (χ3v) is 4.84. The minimum atomic E-state index is -2.74. The fourth-order valence-electron chi connectivity index (χ4n) is 0.725. The van der Waals surface area contributed by atoms with Crippen molar-refractivity contribution < 1.29 is 9.46 Å². The second kappa shape index (κ2) is 7.09. The summed E-state index contributed by atoms with van der Waals surface area (Å²) in [4.78, 5) is 9.33. The van der Waals surface area contributed by atoms with E-state index < -0.39 is 7.37 Å². The van der Waals surface area contributed by atoms with Crippen molar-refractivity contribution in [1.82, 2.24) is 0 Å². The third-order valence-electron chi connectivity index (χ3n) is 1.28. The number of halogens is 2. The molecule has 0 aromatic carbocycles. The Labute approximate surface area is 95.3 Å². The van der Waals surface area contributed by atoms with Crippen LogP contribution in [0.3, 0.4) is 0 Å². The lowest BCUT2D eigenvalue weighted by Gasteiger charge is -2.08. The number of alkyl halides is 2. The van der Waals surface area contributed by atoms with Gasteiger partial charge in [0.1, 0.15) is 0 Å². The predicted octanol–water partition coefficient (Wildman–Crippen LogP) is 2.91. The van der Waals surface area contributed by atoms with Gasteiger partial charge in [-0.1, -0.05) is 45.2 Å². The van der Waals surface area contributed by atoms with Crippen LogP contribution in [0.15, 0.2) is 0 Å². The molecule has 0 bridgehead atoms. The average molecular weight is 402 g/mol. The first-order chi connectivity index (χ1) is 5.12. The molecule has 0 radical (unpaired) electrons. The van der Waals surface area contributed by atoms with E-state index in [0.29, 0.717) is 12.3 Å². The maximum absolute atomic E-state index is 11.3. The molecular weight excluding hydrogens is 389 g/mol. The predicted molar refractivity (Wildman–Crippen MR) is 66.6 cm³/mol. The summed E-state index contributed by atoms with van der Waals surface area (Å²) in [7, 11) is -2.74. The van der Waals surface area contributed by atoms with Crippen molar-refractivity contribution in [3.05, 3.63) is 0 Å². The lowest BCUT2D eigenvalue weighted by atomic mass is 10.6. The zero-order valence-electron chi connectivity index (χ0n) is 6.30. The third kappa shape index (κ3) is 7.99. The maximum atomic E-state index is 11.3. The summed E-state index contributed by atoms with van der Waals surface area (Å²) in [6.45, 7) is 0. The quantitative estimate of drug-likeness (QED) is 0.422. The maximum Gasteiger partial charge on any atom is 0.200 e. The van der Waals surface area contributed by atoms with E-state index in [9.17, 15) is 9.46 Å². The average Bonchev–Trinajstić information content (AvgIpc) is 1.97. The van der Waals surface area contributed by atoms with Crippen molar-refractivity contribution in [2.24, 2.45) is 0 Å². The number of rotatable bonds is 6. The molecule has 0 saturated carbocycles. The summed E-state index contributed by atoms with van der Waals surface area (Å²) in [5, 5.41) is 0. The van der Waals surface area contributed by atoms with E-state index in [0.717, 1.165) is 21.7 Å². The molecule has 11 heavy (non-hydrogen) atoms. The van der Waals surface area contributed by atoms with Crippen LogP contribution in [0.2, 0.25) is 0 Å². The Hall–Kier alpha value is 1.65. The van der Waals surface area contributed by atoms with Gasteiger partial charge in [0.2, 0.25) is 7.37 Å². The molecule has 0 atom stereocenters. The smallest absolute Gasteiger partial charge is 0.200 e. The molecule has 0 aliphatic rings. The molecule has 0 saturated heterocycles. The van der Waals surface area contributed by atoms with Crippen LogP contribution in [0, 0.1) is 0 Å². The standard InChI is InChI=1S/C6H13I2O2P/c7-3-1-5-11(9,10)6-2-4-8/h1-6H2,(H,9,10). The molecule has 0 fully saturated rings. The minimum absolute atomic E-state index is 0.507. The van der Waals surface area contributed by atoms with Crippen LogP contribution >= 0.6 is 52.6 Å². The van der Waals surface area contributed by atoms with E-state index in [4.69, 9.17) is 0 Å². The van der Waals surface area contributed by atoms with E-state index in [1.54, 1.807) is 0 Å². The molecule has 0 aliphatic carbocycles. The molecule has 0 heterocycles. The van der Waals surface area contributed by atoms with Crippen molar-refractivity contribution in [2.45, 2.75) is 12.8 Å². The zero-order valence-corrected chi connectivity index (χ0v) is 11.5. The summed E-state index contributed by atoms with van der Waals surface area (Å²) in [5.41, 5.74) is 0. The Morgan fingerprint density at radius 2 is 1.45 bits per heavy atom. The van der Waals surface area contributed by atoms with E-state index in [2.05, 4.69) is 45.2 Å². The highest BCUT2D eigenvalue weighted by atomic mass is 127. The lowest BCUT2D eigenvalue weighted by molar-refractivity contribution is 0.476. The van der Waals surface area contributed by atoms with Crippen LogP contribution in [0.4, 0.5) is 0 Å². The van der Waals surface area contributed by atoms with E-state index >= 15 is 0 Å². The van der Waals surface area contributed by atoms with Gasteiger partial charge in [-0.15, -0.1) is 0 Å². The summed E-state index contributed by atoms with van der Waals surface area (Å²) >= 11 is 4.46. The van der Waals surface area contributed by atoms with Gasteiger partial charge in [-0.05, 0) is 12.8 Å². The molecule has 0 amide bonds. The van der Waals surface area contributed by atoms with Gasteiger partial charge in [0.05, 0.1) is 0 Å². The molecule has 0 unspecified atom stereocenters. The highest BCUT2D eigenvalue weighted by Crippen LogP contribution is 2.41. The molecule has 0 spiro atoms. The van der Waals surface area contributed by atoms with E-state index in [-0.39, 0.29) is 0 Å². The van der Waals surface area contributed by atoms with Gasteiger partial charge in [0.15, 0.2) is 0 Å². The molecule has 0 aliphatic heterocycles. The SMILES string of the molecule is O=P(O)(CCCI)CCCI. The molecule has 0 aromatic rings. The van der Waals surface area contributed by atoms with Gasteiger partial charge < -0.3 is 4.89 Å². The second-order valence-corrected chi connectivity index (χ2v) is 7.12. The number of hydrogen-bond donors (Lipinski definition) is 1. The van der Waals surface area contributed by atoms with Gasteiger partial charge in [-0.2, -0.15) is 0 Å². The van der Waals surface area contributed by atoms with Gasteiger partial charge in [0.25, 0.3) is 0 Å². The first kappa shape index (κ1) is 12.7.